The minimum atomic E-state index is 0.732. The maximum Gasteiger partial charge on any atom is 0.155 e. The van der Waals surface area contributed by atoms with Gasteiger partial charge in [-0.15, -0.1) is 5.10 Å². The van der Waals surface area contributed by atoms with Gasteiger partial charge in [0.1, 0.15) is 15.0 Å². The SMILES string of the molecule is Ic1c(-c2ccc(-n3ccnn3)nc2)nc2ccccn12. The number of imidazole rings is 1. The molecular weight excluding hydrogens is 379 g/mol. The number of fused-ring (bicyclic) bond motifs is 1. The van der Waals surface area contributed by atoms with E-state index >= 15 is 0 Å². The maximum absolute atomic E-state index is 4.66. The third kappa shape index (κ3) is 2.09. The molecular formula is C14H9IN6. The Morgan fingerprint density at radius 3 is 2.71 bits per heavy atom. The Bertz CT molecular complexity index is 895. The summed E-state index contributed by atoms with van der Waals surface area (Å²) in [5, 5.41) is 7.70. The third-order valence-electron chi connectivity index (χ3n) is 3.15. The standard InChI is InChI=1S/C14H9IN6/c15-14-13(18-12-3-1-2-7-20(12)14)10-4-5-11(16-9-10)21-8-6-17-19-21/h1-9H. The Balaban J connectivity index is 1.80. The third-order valence-corrected chi connectivity index (χ3v) is 4.18. The summed E-state index contributed by atoms with van der Waals surface area (Å²) >= 11 is 2.30. The molecule has 0 saturated carbocycles. The highest BCUT2D eigenvalue weighted by atomic mass is 127. The van der Waals surface area contributed by atoms with Gasteiger partial charge >= 0.3 is 0 Å². The normalized spacial score (nSPS) is 11.1. The fourth-order valence-electron chi connectivity index (χ4n) is 2.14. The van der Waals surface area contributed by atoms with Crippen LogP contribution in [0.15, 0.2) is 55.1 Å². The van der Waals surface area contributed by atoms with Crippen molar-refractivity contribution in [1.82, 2.24) is 29.4 Å². The molecule has 4 aromatic heterocycles. The minimum Gasteiger partial charge on any atom is -0.294 e. The van der Waals surface area contributed by atoms with Gasteiger partial charge in [-0.2, -0.15) is 0 Å². The molecule has 0 radical (unpaired) electrons. The number of nitrogens with zero attached hydrogens (tertiary/aromatic N) is 6. The molecule has 6 nitrogen and oxygen atoms in total. The van der Waals surface area contributed by atoms with Gasteiger partial charge < -0.3 is 0 Å². The van der Waals surface area contributed by atoms with E-state index in [-0.39, 0.29) is 0 Å². The van der Waals surface area contributed by atoms with Crippen LogP contribution >= 0.6 is 22.6 Å². The van der Waals surface area contributed by atoms with Crippen LogP contribution in [0.4, 0.5) is 0 Å². The average Bonchev–Trinajstić information content (AvgIpc) is 3.17. The summed E-state index contributed by atoms with van der Waals surface area (Å²) < 4.78 is 4.75. The fraction of sp³-hybridized carbons (Fsp3) is 0. The quantitative estimate of drug-likeness (QED) is 0.496. The van der Waals surface area contributed by atoms with Crippen LogP contribution in [0.5, 0.6) is 0 Å². The van der Waals surface area contributed by atoms with E-state index in [1.165, 1.54) is 0 Å². The second kappa shape index (κ2) is 4.92. The molecule has 0 spiro atoms. The summed E-state index contributed by atoms with van der Waals surface area (Å²) in [4.78, 5) is 9.07. The molecule has 4 heterocycles. The number of aromatic nitrogens is 6. The molecule has 4 aromatic rings. The molecule has 0 aromatic carbocycles. The molecule has 0 saturated heterocycles. The largest absolute Gasteiger partial charge is 0.294 e. The van der Waals surface area contributed by atoms with Crippen molar-refractivity contribution in [2.75, 3.05) is 0 Å². The van der Waals surface area contributed by atoms with E-state index in [2.05, 4.69) is 47.3 Å². The average molecular weight is 388 g/mol. The van der Waals surface area contributed by atoms with Gasteiger partial charge in [0.15, 0.2) is 5.82 Å². The molecule has 0 fully saturated rings. The molecule has 7 heteroatoms. The molecule has 0 aliphatic carbocycles. The van der Waals surface area contributed by atoms with Crippen LogP contribution in [0.3, 0.4) is 0 Å². The van der Waals surface area contributed by atoms with Crippen molar-refractivity contribution in [3.8, 4) is 17.1 Å². The zero-order valence-electron chi connectivity index (χ0n) is 10.8. The smallest absolute Gasteiger partial charge is 0.155 e. The molecule has 0 aliphatic heterocycles. The second-order valence-corrected chi connectivity index (χ2v) is 5.45. The number of halogens is 1. The topological polar surface area (TPSA) is 60.9 Å². The van der Waals surface area contributed by atoms with Crippen molar-refractivity contribution in [3.05, 3.63) is 58.8 Å². The summed E-state index contributed by atoms with van der Waals surface area (Å²) in [6, 6.07) is 9.86. The number of rotatable bonds is 2. The Morgan fingerprint density at radius 1 is 1.05 bits per heavy atom. The summed E-state index contributed by atoms with van der Waals surface area (Å²) in [5.74, 6) is 0.732. The van der Waals surface area contributed by atoms with Gasteiger partial charge in [0, 0.05) is 18.0 Å². The molecule has 102 valence electrons. The highest BCUT2D eigenvalue weighted by molar-refractivity contribution is 14.1. The zero-order chi connectivity index (χ0) is 14.2. The lowest BCUT2D eigenvalue weighted by molar-refractivity contribution is 0.781. The van der Waals surface area contributed by atoms with Crippen LogP contribution in [0, 0.1) is 3.70 Å². The predicted octanol–water partition coefficient (Wildman–Crippen LogP) is 2.58. The molecule has 0 amide bonds. The highest BCUT2D eigenvalue weighted by Crippen LogP contribution is 2.25. The summed E-state index contributed by atoms with van der Waals surface area (Å²) in [6.07, 6.45) is 7.20. The van der Waals surface area contributed by atoms with E-state index in [9.17, 15) is 0 Å². The van der Waals surface area contributed by atoms with Crippen LogP contribution in [-0.4, -0.2) is 29.4 Å². The van der Waals surface area contributed by atoms with Crippen molar-refractivity contribution in [2.45, 2.75) is 0 Å². The van der Waals surface area contributed by atoms with E-state index in [0.717, 1.165) is 26.4 Å². The molecule has 0 atom stereocenters. The van der Waals surface area contributed by atoms with Crippen LogP contribution in [0.25, 0.3) is 22.7 Å². The maximum atomic E-state index is 4.66. The Labute approximate surface area is 133 Å². The van der Waals surface area contributed by atoms with Gasteiger partial charge in [-0.3, -0.25) is 4.40 Å². The van der Waals surface area contributed by atoms with Crippen molar-refractivity contribution < 1.29 is 0 Å². The molecule has 0 bridgehead atoms. The summed E-state index contributed by atoms with van der Waals surface area (Å²) in [6.45, 7) is 0. The monoisotopic (exact) mass is 388 g/mol. The highest BCUT2D eigenvalue weighted by Gasteiger charge is 2.11. The number of hydrogen-bond donors (Lipinski definition) is 0. The van der Waals surface area contributed by atoms with Crippen LogP contribution < -0.4 is 0 Å². The van der Waals surface area contributed by atoms with Gasteiger partial charge in [0.25, 0.3) is 0 Å². The van der Waals surface area contributed by atoms with Crippen molar-refractivity contribution in [2.24, 2.45) is 0 Å². The molecule has 0 aliphatic rings. The Kier molecular flexibility index (Phi) is 2.92. The predicted molar refractivity (Wildman–Crippen MR) is 86.1 cm³/mol. The van der Waals surface area contributed by atoms with Crippen LogP contribution in [0.1, 0.15) is 0 Å². The summed E-state index contributed by atoms with van der Waals surface area (Å²) in [7, 11) is 0. The van der Waals surface area contributed by atoms with Crippen molar-refractivity contribution >= 4 is 28.2 Å². The molecule has 21 heavy (non-hydrogen) atoms. The molecule has 4 rings (SSSR count). The van der Waals surface area contributed by atoms with E-state index in [1.54, 1.807) is 23.3 Å². The van der Waals surface area contributed by atoms with Crippen LogP contribution in [-0.2, 0) is 0 Å². The van der Waals surface area contributed by atoms with E-state index in [4.69, 9.17) is 0 Å². The first-order valence-electron chi connectivity index (χ1n) is 6.28. The number of pyridine rings is 2. The zero-order valence-corrected chi connectivity index (χ0v) is 12.9. The van der Waals surface area contributed by atoms with Gasteiger partial charge in [0.05, 0.1) is 12.4 Å². The van der Waals surface area contributed by atoms with Gasteiger partial charge in [-0.1, -0.05) is 11.3 Å². The van der Waals surface area contributed by atoms with Crippen molar-refractivity contribution in [1.29, 1.82) is 0 Å². The Hall–Kier alpha value is -2.29. The molecule has 0 N–H and O–H groups in total. The first kappa shape index (κ1) is 12.5. The summed E-state index contributed by atoms with van der Waals surface area (Å²) in [5.41, 5.74) is 2.84. The van der Waals surface area contributed by atoms with E-state index in [1.807, 2.05) is 36.5 Å². The first-order valence-corrected chi connectivity index (χ1v) is 7.36. The van der Waals surface area contributed by atoms with Crippen molar-refractivity contribution in [3.63, 3.8) is 0 Å². The first-order chi connectivity index (χ1) is 10.3. The van der Waals surface area contributed by atoms with E-state index < -0.39 is 0 Å². The molecule has 0 unspecified atom stereocenters. The Morgan fingerprint density at radius 2 is 2.00 bits per heavy atom. The van der Waals surface area contributed by atoms with Gasteiger partial charge in [0.2, 0.25) is 0 Å². The van der Waals surface area contributed by atoms with E-state index in [0.29, 0.717) is 0 Å². The minimum absolute atomic E-state index is 0.732. The lowest BCUT2D eigenvalue weighted by atomic mass is 10.2. The lowest BCUT2D eigenvalue weighted by Crippen LogP contribution is -1.98. The lowest BCUT2D eigenvalue weighted by Gasteiger charge is -2.01. The van der Waals surface area contributed by atoms with Crippen LogP contribution in [0.2, 0.25) is 0 Å². The van der Waals surface area contributed by atoms with Gasteiger partial charge in [-0.25, -0.2) is 14.6 Å². The second-order valence-electron chi connectivity index (χ2n) is 4.43. The number of hydrogen-bond acceptors (Lipinski definition) is 4. The fourth-order valence-corrected chi connectivity index (χ4v) is 2.98. The van der Waals surface area contributed by atoms with Gasteiger partial charge in [-0.05, 0) is 46.9 Å².